The minimum atomic E-state index is -1.11. The molecule has 0 saturated heterocycles. The van der Waals surface area contributed by atoms with Crippen LogP contribution in [-0.2, 0) is 0 Å². The Morgan fingerprint density at radius 3 is 2.65 bits per heavy atom. The molecular formula is C13H8ClNO5. The molecule has 20 heavy (non-hydrogen) atoms. The number of carboxylic acid groups (broad SMARTS) is 1. The summed E-state index contributed by atoms with van der Waals surface area (Å²) in [7, 11) is 0. The second-order valence-electron chi connectivity index (χ2n) is 3.80. The first-order chi connectivity index (χ1) is 9.47. The van der Waals surface area contributed by atoms with Crippen LogP contribution in [0.5, 0.6) is 11.5 Å². The summed E-state index contributed by atoms with van der Waals surface area (Å²) in [6.07, 6.45) is 0. The van der Waals surface area contributed by atoms with Gasteiger partial charge in [-0.15, -0.1) is 0 Å². The number of hydrogen-bond acceptors (Lipinski definition) is 4. The van der Waals surface area contributed by atoms with Crippen LogP contribution in [0.25, 0.3) is 0 Å². The van der Waals surface area contributed by atoms with Gasteiger partial charge in [-0.1, -0.05) is 17.7 Å². The highest BCUT2D eigenvalue weighted by atomic mass is 35.5. The van der Waals surface area contributed by atoms with E-state index in [4.69, 9.17) is 21.4 Å². The van der Waals surface area contributed by atoms with Crippen molar-refractivity contribution < 1.29 is 19.6 Å². The largest absolute Gasteiger partial charge is 0.478 e. The minimum Gasteiger partial charge on any atom is -0.478 e. The molecule has 0 aliphatic carbocycles. The Bertz CT molecular complexity index is 686. The van der Waals surface area contributed by atoms with Gasteiger partial charge in [-0.2, -0.15) is 0 Å². The Hall–Kier alpha value is -2.60. The SMILES string of the molecule is O=C(O)c1cccc(Oc2ccc(Cl)cc2[N+](=O)[O-])c1. The molecule has 0 unspecified atom stereocenters. The maximum Gasteiger partial charge on any atom is 0.335 e. The van der Waals surface area contributed by atoms with Crippen LogP contribution < -0.4 is 4.74 Å². The minimum absolute atomic E-state index is 0.0121. The highest BCUT2D eigenvalue weighted by Crippen LogP contribution is 2.33. The molecule has 0 fully saturated rings. The maximum absolute atomic E-state index is 10.9. The third-order valence-corrected chi connectivity index (χ3v) is 2.66. The van der Waals surface area contributed by atoms with Crippen molar-refractivity contribution in [3.8, 4) is 11.5 Å². The van der Waals surface area contributed by atoms with E-state index in [2.05, 4.69) is 0 Å². The number of benzene rings is 2. The second-order valence-corrected chi connectivity index (χ2v) is 4.24. The number of carbonyl (C=O) groups is 1. The van der Waals surface area contributed by atoms with Gasteiger partial charge in [-0.3, -0.25) is 10.1 Å². The van der Waals surface area contributed by atoms with Crippen molar-refractivity contribution in [3.05, 3.63) is 63.2 Å². The van der Waals surface area contributed by atoms with Crippen molar-refractivity contribution in [1.29, 1.82) is 0 Å². The fourth-order valence-electron chi connectivity index (χ4n) is 1.54. The highest BCUT2D eigenvalue weighted by molar-refractivity contribution is 6.30. The molecular weight excluding hydrogens is 286 g/mol. The van der Waals surface area contributed by atoms with Crippen molar-refractivity contribution in [2.45, 2.75) is 0 Å². The molecule has 0 bridgehead atoms. The number of rotatable bonds is 4. The van der Waals surface area contributed by atoms with E-state index in [0.29, 0.717) is 0 Å². The maximum atomic E-state index is 10.9. The zero-order chi connectivity index (χ0) is 14.7. The molecule has 0 saturated carbocycles. The Labute approximate surface area is 118 Å². The summed E-state index contributed by atoms with van der Waals surface area (Å²) in [6.45, 7) is 0. The molecule has 0 aliphatic heterocycles. The Morgan fingerprint density at radius 2 is 2.00 bits per heavy atom. The first-order valence-corrected chi connectivity index (χ1v) is 5.80. The third-order valence-electron chi connectivity index (χ3n) is 2.43. The first kappa shape index (κ1) is 13.8. The summed E-state index contributed by atoms with van der Waals surface area (Å²) in [5.74, 6) is -0.932. The summed E-state index contributed by atoms with van der Waals surface area (Å²) in [5, 5.41) is 20.0. The molecule has 102 valence electrons. The molecule has 2 aromatic rings. The number of carboxylic acids is 1. The van der Waals surface area contributed by atoms with E-state index in [-0.39, 0.29) is 27.8 Å². The van der Waals surface area contributed by atoms with E-state index >= 15 is 0 Å². The van der Waals surface area contributed by atoms with Gasteiger partial charge >= 0.3 is 11.7 Å². The van der Waals surface area contributed by atoms with Gasteiger partial charge in [0, 0.05) is 11.1 Å². The lowest BCUT2D eigenvalue weighted by atomic mass is 10.2. The molecule has 0 heterocycles. The quantitative estimate of drug-likeness (QED) is 0.685. The van der Waals surface area contributed by atoms with E-state index in [1.54, 1.807) is 0 Å². The van der Waals surface area contributed by atoms with Crippen LogP contribution >= 0.6 is 11.6 Å². The van der Waals surface area contributed by atoms with Gasteiger partial charge in [0.1, 0.15) is 5.75 Å². The lowest BCUT2D eigenvalue weighted by molar-refractivity contribution is -0.385. The van der Waals surface area contributed by atoms with Crippen LogP contribution in [0, 0.1) is 10.1 Å². The lowest BCUT2D eigenvalue weighted by Crippen LogP contribution is -1.97. The molecule has 7 heteroatoms. The number of hydrogen-bond donors (Lipinski definition) is 1. The summed E-state index contributed by atoms with van der Waals surface area (Å²) in [4.78, 5) is 21.1. The van der Waals surface area contributed by atoms with E-state index in [1.165, 1.54) is 36.4 Å². The predicted molar refractivity (Wildman–Crippen MR) is 71.6 cm³/mol. The number of nitrogens with zero attached hydrogens (tertiary/aromatic N) is 1. The van der Waals surface area contributed by atoms with Crippen LogP contribution in [0.1, 0.15) is 10.4 Å². The van der Waals surface area contributed by atoms with Gasteiger partial charge in [0.05, 0.1) is 10.5 Å². The van der Waals surface area contributed by atoms with Gasteiger partial charge in [0.2, 0.25) is 5.75 Å². The molecule has 0 spiro atoms. The molecule has 0 aromatic heterocycles. The molecule has 1 N–H and O–H groups in total. The molecule has 2 rings (SSSR count). The monoisotopic (exact) mass is 293 g/mol. The normalized spacial score (nSPS) is 10.1. The second kappa shape index (κ2) is 5.58. The van der Waals surface area contributed by atoms with Crippen molar-refractivity contribution in [2.24, 2.45) is 0 Å². The van der Waals surface area contributed by atoms with Crippen molar-refractivity contribution in [3.63, 3.8) is 0 Å². The smallest absolute Gasteiger partial charge is 0.335 e. The topological polar surface area (TPSA) is 89.7 Å². The predicted octanol–water partition coefficient (Wildman–Crippen LogP) is 3.74. The van der Waals surface area contributed by atoms with Crippen molar-refractivity contribution >= 4 is 23.3 Å². The number of nitro groups is 1. The van der Waals surface area contributed by atoms with E-state index in [9.17, 15) is 14.9 Å². The summed E-state index contributed by atoms with van der Waals surface area (Å²) < 4.78 is 5.35. The molecule has 0 aliphatic rings. The summed E-state index contributed by atoms with van der Waals surface area (Å²) in [5.41, 5.74) is -0.266. The molecule has 0 atom stereocenters. The standard InChI is InChI=1S/C13H8ClNO5/c14-9-4-5-12(11(7-9)15(18)19)20-10-3-1-2-8(6-10)13(16)17/h1-7H,(H,16,17). The molecule has 2 aromatic carbocycles. The van der Waals surface area contributed by atoms with Gasteiger partial charge < -0.3 is 9.84 Å². The van der Waals surface area contributed by atoms with Crippen LogP contribution in [0.15, 0.2) is 42.5 Å². The van der Waals surface area contributed by atoms with Crippen LogP contribution in [0.3, 0.4) is 0 Å². The van der Waals surface area contributed by atoms with Crippen LogP contribution in [-0.4, -0.2) is 16.0 Å². The zero-order valence-corrected chi connectivity index (χ0v) is 10.7. The van der Waals surface area contributed by atoms with E-state index < -0.39 is 10.9 Å². The summed E-state index contributed by atoms with van der Waals surface area (Å²) >= 11 is 5.69. The third kappa shape index (κ3) is 3.04. The van der Waals surface area contributed by atoms with Crippen LogP contribution in [0.4, 0.5) is 5.69 Å². The zero-order valence-electron chi connectivity index (χ0n) is 9.95. The average Bonchev–Trinajstić information content (AvgIpc) is 2.41. The lowest BCUT2D eigenvalue weighted by Gasteiger charge is -2.07. The number of ether oxygens (including phenoxy) is 1. The fourth-order valence-corrected chi connectivity index (χ4v) is 1.71. The number of aromatic carboxylic acids is 1. The van der Waals surface area contributed by atoms with Gasteiger partial charge in [0.15, 0.2) is 0 Å². The van der Waals surface area contributed by atoms with E-state index in [0.717, 1.165) is 6.07 Å². The molecule has 0 radical (unpaired) electrons. The van der Waals surface area contributed by atoms with E-state index in [1.807, 2.05) is 0 Å². The Balaban J connectivity index is 2.37. The first-order valence-electron chi connectivity index (χ1n) is 5.42. The van der Waals surface area contributed by atoms with Gasteiger partial charge in [-0.25, -0.2) is 4.79 Å². The fraction of sp³-hybridized carbons (Fsp3) is 0. The van der Waals surface area contributed by atoms with Crippen molar-refractivity contribution in [2.75, 3.05) is 0 Å². The van der Waals surface area contributed by atoms with Crippen molar-refractivity contribution in [1.82, 2.24) is 0 Å². The Morgan fingerprint density at radius 1 is 1.25 bits per heavy atom. The number of nitro benzene ring substituents is 1. The molecule has 6 nitrogen and oxygen atoms in total. The van der Waals surface area contributed by atoms with Gasteiger partial charge in [-0.05, 0) is 30.3 Å². The average molecular weight is 294 g/mol. The summed E-state index contributed by atoms with van der Waals surface area (Å²) in [6, 6.07) is 9.63. The number of halogens is 1. The highest BCUT2D eigenvalue weighted by Gasteiger charge is 2.16. The van der Waals surface area contributed by atoms with Crippen LogP contribution in [0.2, 0.25) is 5.02 Å². The van der Waals surface area contributed by atoms with Gasteiger partial charge in [0.25, 0.3) is 0 Å². The molecule has 0 amide bonds. The Kier molecular flexibility index (Phi) is 3.86.